The maximum Gasteiger partial charge on any atom is 0.137 e. The van der Waals surface area contributed by atoms with Crippen LogP contribution in [0.3, 0.4) is 0 Å². The van der Waals surface area contributed by atoms with Crippen molar-refractivity contribution in [2.75, 3.05) is 13.7 Å². The summed E-state index contributed by atoms with van der Waals surface area (Å²) in [6, 6.07) is 5.24. The molecule has 0 bridgehead atoms. The fraction of sp³-hybridized carbons (Fsp3) is 0.455. The van der Waals surface area contributed by atoms with Crippen LogP contribution in [-0.4, -0.2) is 18.8 Å². The van der Waals surface area contributed by atoms with Crippen LogP contribution >= 0.6 is 11.6 Å². The first-order valence-corrected chi connectivity index (χ1v) is 5.19. The average Bonchev–Trinajstić information content (AvgIpc) is 2.26. The molecule has 0 spiro atoms. The van der Waals surface area contributed by atoms with E-state index in [2.05, 4.69) is 0 Å². The number of aliphatic hydroxyl groups is 1. The third kappa shape index (κ3) is 2.84. The molecule has 84 valence electrons. The molecule has 0 amide bonds. The second-order valence-electron chi connectivity index (χ2n) is 3.55. The maximum absolute atomic E-state index is 9.90. The van der Waals surface area contributed by atoms with Gasteiger partial charge in [-0.1, -0.05) is 24.6 Å². The zero-order valence-corrected chi connectivity index (χ0v) is 9.66. The van der Waals surface area contributed by atoms with Crippen LogP contribution in [0.4, 0.5) is 0 Å². The van der Waals surface area contributed by atoms with Crippen molar-refractivity contribution in [2.45, 2.75) is 13.0 Å². The fourth-order valence-electron chi connectivity index (χ4n) is 1.32. The van der Waals surface area contributed by atoms with Gasteiger partial charge >= 0.3 is 0 Å². The number of hydrogen-bond acceptors (Lipinski definition) is 3. The second-order valence-corrected chi connectivity index (χ2v) is 3.96. The molecule has 0 aromatic heterocycles. The number of benzene rings is 1. The van der Waals surface area contributed by atoms with Gasteiger partial charge in [0.25, 0.3) is 0 Å². The van der Waals surface area contributed by atoms with Crippen LogP contribution in [0.25, 0.3) is 0 Å². The van der Waals surface area contributed by atoms with Crippen molar-refractivity contribution in [3.63, 3.8) is 0 Å². The molecule has 4 heteroatoms. The molecule has 0 aliphatic carbocycles. The Labute approximate surface area is 94.8 Å². The van der Waals surface area contributed by atoms with Gasteiger partial charge in [0.05, 0.1) is 18.2 Å². The zero-order chi connectivity index (χ0) is 11.4. The Kier molecular flexibility index (Phi) is 4.39. The van der Waals surface area contributed by atoms with Crippen LogP contribution < -0.4 is 10.5 Å². The molecule has 0 aliphatic rings. The number of methoxy groups -OCH3 is 1. The monoisotopic (exact) mass is 229 g/mol. The van der Waals surface area contributed by atoms with Gasteiger partial charge in [0, 0.05) is 0 Å². The van der Waals surface area contributed by atoms with E-state index in [-0.39, 0.29) is 5.92 Å². The fourth-order valence-corrected chi connectivity index (χ4v) is 1.59. The largest absolute Gasteiger partial charge is 0.495 e. The molecule has 1 aromatic rings. The second kappa shape index (κ2) is 5.35. The molecule has 0 radical (unpaired) electrons. The molecule has 2 atom stereocenters. The summed E-state index contributed by atoms with van der Waals surface area (Å²) in [6.45, 7) is 2.33. The summed E-state index contributed by atoms with van der Waals surface area (Å²) in [6.07, 6.45) is -0.585. The highest BCUT2D eigenvalue weighted by molar-refractivity contribution is 6.32. The van der Waals surface area contributed by atoms with Gasteiger partial charge in [-0.25, -0.2) is 0 Å². The molecule has 1 aromatic carbocycles. The van der Waals surface area contributed by atoms with Gasteiger partial charge in [-0.2, -0.15) is 0 Å². The van der Waals surface area contributed by atoms with E-state index < -0.39 is 6.10 Å². The Balaban J connectivity index is 2.92. The van der Waals surface area contributed by atoms with Crippen molar-refractivity contribution < 1.29 is 9.84 Å². The first-order chi connectivity index (χ1) is 7.10. The van der Waals surface area contributed by atoms with E-state index in [1.807, 2.05) is 6.92 Å². The summed E-state index contributed by atoms with van der Waals surface area (Å²) < 4.78 is 5.03. The maximum atomic E-state index is 9.90. The third-order valence-corrected chi connectivity index (χ3v) is 2.72. The minimum atomic E-state index is -0.585. The summed E-state index contributed by atoms with van der Waals surface area (Å²) in [5, 5.41) is 10.4. The Hall–Kier alpha value is -0.770. The predicted octanol–water partition coefficient (Wildman–Crippen LogP) is 1.98. The lowest BCUT2D eigenvalue weighted by Crippen LogP contribution is -2.18. The van der Waals surface area contributed by atoms with E-state index in [4.69, 9.17) is 22.1 Å². The zero-order valence-electron chi connectivity index (χ0n) is 8.90. The molecule has 2 unspecified atom stereocenters. The molecule has 0 saturated heterocycles. The molecule has 0 fully saturated rings. The quantitative estimate of drug-likeness (QED) is 0.830. The normalized spacial score (nSPS) is 14.7. The van der Waals surface area contributed by atoms with Crippen molar-refractivity contribution in [3.05, 3.63) is 28.8 Å². The van der Waals surface area contributed by atoms with Crippen LogP contribution in [0.5, 0.6) is 5.75 Å². The molecule has 0 aliphatic heterocycles. The molecular weight excluding hydrogens is 214 g/mol. The van der Waals surface area contributed by atoms with E-state index in [9.17, 15) is 5.11 Å². The number of halogens is 1. The number of nitrogens with two attached hydrogens (primary N) is 1. The van der Waals surface area contributed by atoms with Gasteiger partial charge in [0.15, 0.2) is 0 Å². The third-order valence-electron chi connectivity index (χ3n) is 2.43. The summed E-state index contributed by atoms with van der Waals surface area (Å²) in [5.74, 6) is 0.613. The van der Waals surface area contributed by atoms with Gasteiger partial charge < -0.3 is 15.6 Å². The summed E-state index contributed by atoms with van der Waals surface area (Å²) >= 11 is 5.95. The van der Waals surface area contributed by atoms with E-state index in [0.29, 0.717) is 17.3 Å². The first kappa shape index (κ1) is 12.3. The number of rotatable bonds is 4. The van der Waals surface area contributed by atoms with Crippen LogP contribution in [0.1, 0.15) is 18.6 Å². The van der Waals surface area contributed by atoms with E-state index in [1.54, 1.807) is 25.3 Å². The van der Waals surface area contributed by atoms with E-state index >= 15 is 0 Å². The Morgan fingerprint density at radius 2 is 2.20 bits per heavy atom. The standard InChI is InChI=1S/C11H16ClNO2/c1-7(6-13)11(14)8-3-4-10(15-2)9(12)5-8/h3-5,7,11,14H,6,13H2,1-2H3. The van der Waals surface area contributed by atoms with Crippen LogP contribution in [-0.2, 0) is 0 Å². The van der Waals surface area contributed by atoms with Crippen LogP contribution in [0.2, 0.25) is 5.02 Å². The van der Waals surface area contributed by atoms with Gasteiger partial charge in [-0.3, -0.25) is 0 Å². The highest BCUT2D eigenvalue weighted by Gasteiger charge is 2.16. The number of ether oxygens (including phenoxy) is 1. The van der Waals surface area contributed by atoms with Crippen molar-refractivity contribution in [3.8, 4) is 5.75 Å². The van der Waals surface area contributed by atoms with Gasteiger partial charge in [-0.15, -0.1) is 0 Å². The SMILES string of the molecule is COc1ccc(C(O)C(C)CN)cc1Cl. The highest BCUT2D eigenvalue weighted by atomic mass is 35.5. The minimum absolute atomic E-state index is 0.00876. The molecule has 0 saturated carbocycles. The van der Waals surface area contributed by atoms with Crippen LogP contribution in [0.15, 0.2) is 18.2 Å². The van der Waals surface area contributed by atoms with Crippen LogP contribution in [0, 0.1) is 5.92 Å². The van der Waals surface area contributed by atoms with E-state index in [1.165, 1.54) is 0 Å². The van der Waals surface area contributed by atoms with Gasteiger partial charge in [-0.05, 0) is 30.2 Å². The van der Waals surface area contributed by atoms with Crippen molar-refractivity contribution in [1.82, 2.24) is 0 Å². The summed E-state index contributed by atoms with van der Waals surface area (Å²) in [5.41, 5.74) is 6.25. The lowest BCUT2D eigenvalue weighted by Gasteiger charge is -2.18. The number of aliphatic hydroxyl groups excluding tert-OH is 1. The average molecular weight is 230 g/mol. The summed E-state index contributed by atoms with van der Waals surface area (Å²) in [7, 11) is 1.56. The molecule has 1 rings (SSSR count). The first-order valence-electron chi connectivity index (χ1n) is 4.81. The number of hydrogen-bond donors (Lipinski definition) is 2. The highest BCUT2D eigenvalue weighted by Crippen LogP contribution is 2.29. The molecule has 3 N–H and O–H groups in total. The van der Waals surface area contributed by atoms with Crippen molar-refractivity contribution >= 4 is 11.6 Å². The van der Waals surface area contributed by atoms with E-state index in [0.717, 1.165) is 5.56 Å². The topological polar surface area (TPSA) is 55.5 Å². The molecule has 3 nitrogen and oxygen atoms in total. The van der Waals surface area contributed by atoms with Gasteiger partial charge in [0.2, 0.25) is 0 Å². The van der Waals surface area contributed by atoms with Crippen molar-refractivity contribution in [2.24, 2.45) is 11.7 Å². The minimum Gasteiger partial charge on any atom is -0.495 e. The molecule has 15 heavy (non-hydrogen) atoms. The predicted molar refractivity (Wildman–Crippen MR) is 61.2 cm³/mol. The Morgan fingerprint density at radius 3 is 2.67 bits per heavy atom. The van der Waals surface area contributed by atoms with Crippen molar-refractivity contribution in [1.29, 1.82) is 0 Å². The lowest BCUT2D eigenvalue weighted by molar-refractivity contribution is 0.121. The smallest absolute Gasteiger partial charge is 0.137 e. The molecular formula is C11H16ClNO2. The Bertz CT molecular complexity index is 330. The lowest BCUT2D eigenvalue weighted by atomic mass is 9.97. The summed E-state index contributed by atoms with van der Waals surface area (Å²) in [4.78, 5) is 0. The molecule has 0 heterocycles. The van der Waals surface area contributed by atoms with Gasteiger partial charge in [0.1, 0.15) is 5.75 Å². The Morgan fingerprint density at radius 1 is 1.53 bits per heavy atom.